The van der Waals surface area contributed by atoms with E-state index in [-0.39, 0.29) is 11.5 Å². The Kier molecular flexibility index (Phi) is 4.09. The highest BCUT2D eigenvalue weighted by atomic mass is 16.5. The van der Waals surface area contributed by atoms with Crippen LogP contribution in [-0.2, 0) is 9.53 Å². The highest BCUT2D eigenvalue weighted by Gasteiger charge is 2.35. The molecule has 0 atom stereocenters. The van der Waals surface area contributed by atoms with Crippen LogP contribution in [0.25, 0.3) is 0 Å². The van der Waals surface area contributed by atoms with Gasteiger partial charge in [0.2, 0.25) is 5.91 Å². The third kappa shape index (κ3) is 2.99. The van der Waals surface area contributed by atoms with Gasteiger partial charge in [-0.05, 0) is 37.5 Å². The number of hydrogen-bond acceptors (Lipinski definition) is 3. The molecule has 1 aliphatic rings. The lowest BCUT2D eigenvalue weighted by Crippen LogP contribution is -2.38. The largest absolute Gasteiger partial charge is 0.478 e. The van der Waals surface area contributed by atoms with Crippen molar-refractivity contribution in [1.29, 1.82) is 0 Å². The average Bonchev–Trinajstić information content (AvgIpc) is 2.41. The molecule has 0 aromatic heterocycles. The number of anilines is 1. The SMILES string of the molecule is Cc1ccc(NC(=O)C2(C)CCOCC2)cc1C(=O)O. The highest BCUT2D eigenvalue weighted by molar-refractivity contribution is 5.97. The van der Waals surface area contributed by atoms with Crippen LogP contribution in [0.1, 0.15) is 35.7 Å². The molecule has 2 N–H and O–H groups in total. The molecule has 0 spiro atoms. The average molecular weight is 277 g/mol. The number of benzene rings is 1. The lowest BCUT2D eigenvalue weighted by molar-refractivity contribution is -0.129. The molecule has 20 heavy (non-hydrogen) atoms. The molecular formula is C15H19NO4. The van der Waals surface area contributed by atoms with Crippen molar-refractivity contribution < 1.29 is 19.4 Å². The number of aryl methyl sites for hydroxylation is 1. The fourth-order valence-corrected chi connectivity index (χ4v) is 2.26. The van der Waals surface area contributed by atoms with Gasteiger partial charge in [0.05, 0.1) is 11.0 Å². The molecule has 1 saturated heterocycles. The van der Waals surface area contributed by atoms with Gasteiger partial charge in [0.15, 0.2) is 0 Å². The minimum atomic E-state index is -0.990. The number of rotatable bonds is 3. The first-order valence-electron chi connectivity index (χ1n) is 6.65. The predicted octanol–water partition coefficient (Wildman–Crippen LogP) is 2.45. The number of hydrogen-bond donors (Lipinski definition) is 2. The molecule has 108 valence electrons. The first-order valence-corrected chi connectivity index (χ1v) is 6.65. The third-order valence-corrected chi connectivity index (χ3v) is 3.87. The van der Waals surface area contributed by atoms with Crippen LogP contribution in [-0.4, -0.2) is 30.2 Å². The summed E-state index contributed by atoms with van der Waals surface area (Å²) in [5.74, 6) is -1.07. The molecule has 0 bridgehead atoms. The number of carbonyl (C=O) groups is 2. The van der Waals surface area contributed by atoms with E-state index in [4.69, 9.17) is 9.84 Å². The number of carbonyl (C=O) groups excluding carboxylic acids is 1. The lowest BCUT2D eigenvalue weighted by atomic mass is 9.81. The van der Waals surface area contributed by atoms with Crippen molar-refractivity contribution >= 4 is 17.6 Å². The van der Waals surface area contributed by atoms with Crippen LogP contribution in [0.4, 0.5) is 5.69 Å². The van der Waals surface area contributed by atoms with E-state index in [1.807, 2.05) is 6.92 Å². The number of carboxylic acid groups (broad SMARTS) is 1. The Labute approximate surface area is 117 Å². The van der Waals surface area contributed by atoms with Crippen molar-refractivity contribution in [1.82, 2.24) is 0 Å². The topological polar surface area (TPSA) is 75.6 Å². The molecule has 0 radical (unpaired) electrons. The summed E-state index contributed by atoms with van der Waals surface area (Å²) in [5, 5.41) is 11.9. The molecule has 5 nitrogen and oxygen atoms in total. The Morgan fingerprint density at radius 3 is 2.55 bits per heavy atom. The zero-order valence-electron chi connectivity index (χ0n) is 11.7. The molecule has 1 aromatic rings. The zero-order chi connectivity index (χ0) is 14.8. The van der Waals surface area contributed by atoms with Gasteiger partial charge in [0.1, 0.15) is 0 Å². The molecule has 1 amide bonds. The van der Waals surface area contributed by atoms with Crippen molar-refractivity contribution in [2.24, 2.45) is 5.41 Å². The van der Waals surface area contributed by atoms with Crippen molar-refractivity contribution in [3.05, 3.63) is 29.3 Å². The summed E-state index contributed by atoms with van der Waals surface area (Å²) >= 11 is 0. The second-order valence-corrected chi connectivity index (χ2v) is 5.46. The second kappa shape index (κ2) is 5.63. The molecule has 0 saturated carbocycles. The first-order chi connectivity index (χ1) is 9.42. The van der Waals surface area contributed by atoms with Gasteiger partial charge in [0, 0.05) is 18.9 Å². The van der Waals surface area contributed by atoms with Crippen LogP contribution in [0.3, 0.4) is 0 Å². The van der Waals surface area contributed by atoms with Crippen molar-refractivity contribution in [2.45, 2.75) is 26.7 Å². The Morgan fingerprint density at radius 2 is 1.95 bits per heavy atom. The molecule has 2 rings (SSSR count). The van der Waals surface area contributed by atoms with Gasteiger partial charge in [-0.15, -0.1) is 0 Å². The van der Waals surface area contributed by atoms with Crippen LogP contribution in [0.15, 0.2) is 18.2 Å². The molecule has 1 heterocycles. The first kappa shape index (κ1) is 14.5. The Bertz CT molecular complexity index is 533. The summed E-state index contributed by atoms with van der Waals surface area (Å²) in [4.78, 5) is 23.4. The van der Waals surface area contributed by atoms with Crippen LogP contribution in [0.5, 0.6) is 0 Å². The standard InChI is InChI=1S/C15H19NO4/c1-10-3-4-11(9-12(10)13(17)18)16-14(19)15(2)5-7-20-8-6-15/h3-4,9H,5-8H2,1-2H3,(H,16,19)(H,17,18). The second-order valence-electron chi connectivity index (χ2n) is 5.46. The van der Waals surface area contributed by atoms with E-state index < -0.39 is 11.4 Å². The molecule has 1 fully saturated rings. The van der Waals surface area contributed by atoms with Gasteiger partial charge in [-0.3, -0.25) is 4.79 Å². The quantitative estimate of drug-likeness (QED) is 0.889. The molecule has 1 aromatic carbocycles. The third-order valence-electron chi connectivity index (χ3n) is 3.87. The van der Waals surface area contributed by atoms with Crippen molar-refractivity contribution in [2.75, 3.05) is 18.5 Å². The van der Waals surface area contributed by atoms with Crippen molar-refractivity contribution in [3.8, 4) is 0 Å². The number of carboxylic acids is 1. The molecular weight excluding hydrogens is 258 g/mol. The van der Waals surface area contributed by atoms with E-state index in [9.17, 15) is 9.59 Å². The highest BCUT2D eigenvalue weighted by Crippen LogP contribution is 2.31. The van der Waals surface area contributed by atoms with Gasteiger partial charge in [-0.1, -0.05) is 13.0 Å². The van der Waals surface area contributed by atoms with E-state index in [0.29, 0.717) is 37.3 Å². The monoisotopic (exact) mass is 277 g/mol. The minimum Gasteiger partial charge on any atom is -0.478 e. The van der Waals surface area contributed by atoms with E-state index in [1.165, 1.54) is 6.07 Å². The van der Waals surface area contributed by atoms with Crippen LogP contribution >= 0.6 is 0 Å². The maximum atomic E-state index is 12.3. The Morgan fingerprint density at radius 1 is 1.30 bits per heavy atom. The summed E-state index contributed by atoms with van der Waals surface area (Å²) in [6.07, 6.45) is 1.35. The number of ether oxygens (including phenoxy) is 1. The number of nitrogens with one attached hydrogen (secondary N) is 1. The summed E-state index contributed by atoms with van der Waals surface area (Å²) in [6.45, 7) is 4.81. The van der Waals surface area contributed by atoms with E-state index in [2.05, 4.69) is 5.32 Å². The van der Waals surface area contributed by atoms with Gasteiger partial charge >= 0.3 is 5.97 Å². The van der Waals surface area contributed by atoms with Gasteiger partial charge < -0.3 is 15.2 Å². The zero-order valence-corrected chi connectivity index (χ0v) is 11.7. The summed E-state index contributed by atoms with van der Waals surface area (Å²) in [5.41, 5.74) is 0.949. The summed E-state index contributed by atoms with van der Waals surface area (Å²) < 4.78 is 5.27. The van der Waals surface area contributed by atoms with Crippen LogP contribution < -0.4 is 5.32 Å². The molecule has 0 aliphatic carbocycles. The Balaban J connectivity index is 2.15. The smallest absolute Gasteiger partial charge is 0.336 e. The minimum absolute atomic E-state index is 0.0824. The Hall–Kier alpha value is -1.88. The van der Waals surface area contributed by atoms with Crippen LogP contribution in [0, 0.1) is 12.3 Å². The normalized spacial score (nSPS) is 17.5. The van der Waals surface area contributed by atoms with Crippen molar-refractivity contribution in [3.63, 3.8) is 0 Å². The fraction of sp³-hybridized carbons (Fsp3) is 0.467. The van der Waals surface area contributed by atoms with E-state index in [0.717, 1.165) is 0 Å². The lowest BCUT2D eigenvalue weighted by Gasteiger charge is -2.32. The fourth-order valence-electron chi connectivity index (χ4n) is 2.26. The molecule has 5 heteroatoms. The summed E-state index contributed by atoms with van der Waals surface area (Å²) in [7, 11) is 0. The van der Waals surface area contributed by atoms with Gasteiger partial charge in [-0.25, -0.2) is 4.79 Å². The molecule has 1 aliphatic heterocycles. The van der Waals surface area contributed by atoms with Crippen LogP contribution in [0.2, 0.25) is 0 Å². The summed E-state index contributed by atoms with van der Waals surface area (Å²) in [6, 6.07) is 4.92. The van der Waals surface area contributed by atoms with Gasteiger partial charge in [-0.2, -0.15) is 0 Å². The number of aromatic carboxylic acids is 1. The molecule has 0 unspecified atom stereocenters. The number of amides is 1. The van der Waals surface area contributed by atoms with Gasteiger partial charge in [0.25, 0.3) is 0 Å². The maximum absolute atomic E-state index is 12.3. The predicted molar refractivity (Wildman–Crippen MR) is 74.9 cm³/mol. The maximum Gasteiger partial charge on any atom is 0.336 e. The van der Waals surface area contributed by atoms with E-state index in [1.54, 1.807) is 19.1 Å². The van der Waals surface area contributed by atoms with E-state index >= 15 is 0 Å².